The minimum Gasteiger partial charge on any atom is -0.478 e. The predicted octanol–water partition coefficient (Wildman–Crippen LogP) is 7.41. The minimum absolute atomic E-state index is 0.0870. The van der Waals surface area contributed by atoms with Crippen molar-refractivity contribution in [1.29, 1.82) is 0 Å². The lowest BCUT2D eigenvalue weighted by Crippen LogP contribution is -2.48. The topological polar surface area (TPSA) is 55.8 Å². The van der Waals surface area contributed by atoms with Crippen molar-refractivity contribution in [3.63, 3.8) is 0 Å². The van der Waals surface area contributed by atoms with Crippen LogP contribution in [0.2, 0.25) is 5.02 Å². The Hall–Kier alpha value is -2.31. The Bertz CT molecular complexity index is 1110. The Labute approximate surface area is 216 Å². The van der Waals surface area contributed by atoms with Crippen molar-refractivity contribution in [3.8, 4) is 0 Å². The maximum Gasteiger partial charge on any atom is 0.337 e. The summed E-state index contributed by atoms with van der Waals surface area (Å²) < 4.78 is 13.2. The first kappa shape index (κ1) is 25.8. The number of carbonyl (C=O) groups is 1. The Morgan fingerprint density at radius 2 is 1.49 bits per heavy atom. The van der Waals surface area contributed by atoms with E-state index >= 15 is 0 Å². The van der Waals surface area contributed by atoms with Crippen molar-refractivity contribution in [2.45, 2.75) is 56.2 Å². The Morgan fingerprint density at radius 3 is 2.03 bits per heavy atom. The summed E-state index contributed by atoms with van der Waals surface area (Å²) in [5.74, 6) is -0.770. The lowest BCUT2D eigenvalue weighted by Gasteiger charge is -2.45. The van der Waals surface area contributed by atoms with E-state index in [0.717, 1.165) is 23.1 Å². The number of thioether (sulfide) groups is 1. The molecule has 0 amide bonds. The van der Waals surface area contributed by atoms with Gasteiger partial charge in [0, 0.05) is 5.25 Å². The second kappa shape index (κ2) is 12.1. The Balaban J connectivity index is 1.68. The highest BCUT2D eigenvalue weighted by atomic mass is 35.5. The molecule has 4 rings (SSSR count). The molecule has 1 fully saturated rings. The van der Waals surface area contributed by atoms with Crippen LogP contribution in [0.1, 0.15) is 52.6 Å². The van der Waals surface area contributed by atoms with Gasteiger partial charge in [-0.2, -0.15) is 0 Å². The molecule has 5 atom stereocenters. The first-order valence-electron chi connectivity index (χ1n) is 12.0. The van der Waals surface area contributed by atoms with Gasteiger partial charge in [-0.05, 0) is 41.2 Å². The molecule has 4 nitrogen and oxygen atoms in total. The van der Waals surface area contributed by atoms with Crippen LogP contribution >= 0.6 is 23.4 Å². The number of halogens is 1. The molecule has 1 saturated heterocycles. The number of carboxylic acids is 1. The molecule has 1 N–H and O–H groups in total. The van der Waals surface area contributed by atoms with Crippen molar-refractivity contribution in [1.82, 2.24) is 0 Å². The van der Waals surface area contributed by atoms with Crippen molar-refractivity contribution in [2.75, 3.05) is 0 Å². The van der Waals surface area contributed by atoms with Crippen LogP contribution in [0.25, 0.3) is 0 Å². The van der Waals surface area contributed by atoms with Gasteiger partial charge < -0.3 is 14.6 Å². The van der Waals surface area contributed by atoms with Gasteiger partial charge in [-0.15, -0.1) is 11.8 Å². The lowest BCUT2D eigenvalue weighted by atomic mass is 9.89. The van der Waals surface area contributed by atoms with Crippen LogP contribution in [0.4, 0.5) is 0 Å². The summed E-state index contributed by atoms with van der Waals surface area (Å²) in [6.07, 6.45) is 0.571. The maximum atomic E-state index is 11.8. The second-order valence-electron chi connectivity index (χ2n) is 8.93. The summed E-state index contributed by atoms with van der Waals surface area (Å²) >= 11 is 8.04. The number of hydrogen-bond acceptors (Lipinski definition) is 4. The van der Waals surface area contributed by atoms with E-state index in [1.54, 1.807) is 12.1 Å². The van der Waals surface area contributed by atoms with E-state index < -0.39 is 5.97 Å². The van der Waals surface area contributed by atoms with Crippen LogP contribution in [-0.4, -0.2) is 28.5 Å². The number of benzene rings is 3. The van der Waals surface area contributed by atoms with Gasteiger partial charge in [0.2, 0.25) is 0 Å². The lowest BCUT2D eigenvalue weighted by molar-refractivity contribution is -0.112. The fraction of sp³-hybridized carbons (Fsp3) is 0.345. The highest BCUT2D eigenvalue weighted by molar-refractivity contribution is 8.00. The van der Waals surface area contributed by atoms with Gasteiger partial charge in [0.25, 0.3) is 0 Å². The van der Waals surface area contributed by atoms with Crippen LogP contribution in [0, 0.1) is 5.92 Å². The normalized spacial score (nSPS) is 24.3. The molecular weight excluding hydrogens is 480 g/mol. The molecule has 0 radical (unpaired) electrons. The number of aromatic carboxylic acids is 1. The summed E-state index contributed by atoms with van der Waals surface area (Å²) in [7, 11) is 0. The van der Waals surface area contributed by atoms with Crippen LogP contribution in [0.15, 0.2) is 78.9 Å². The highest BCUT2D eigenvalue weighted by Crippen LogP contribution is 2.49. The van der Waals surface area contributed by atoms with Crippen LogP contribution in [0.3, 0.4) is 0 Å². The average molecular weight is 511 g/mol. The minimum atomic E-state index is -1.03. The van der Waals surface area contributed by atoms with E-state index in [2.05, 4.69) is 26.0 Å². The molecule has 3 aromatic rings. The zero-order valence-corrected chi connectivity index (χ0v) is 21.5. The first-order valence-corrected chi connectivity index (χ1v) is 13.3. The molecule has 0 aliphatic carbocycles. The van der Waals surface area contributed by atoms with Gasteiger partial charge >= 0.3 is 5.97 Å². The third-order valence-electron chi connectivity index (χ3n) is 6.57. The largest absolute Gasteiger partial charge is 0.478 e. The monoisotopic (exact) mass is 510 g/mol. The van der Waals surface area contributed by atoms with Gasteiger partial charge in [-0.1, -0.05) is 92.2 Å². The standard InChI is InChI=1S/C29H31ClO4S/c1-3-25-19(2)26(33-17-20-10-6-4-7-11-20)27(34-18-21-12-8-5-9-13-21)28(35-25)22-14-15-24(30)23(16-22)29(31)32/h4-16,19,25-28H,3,17-18H2,1-2H3,(H,31,32)/t19-,25-,26+,27-,28+/m1/s1. The molecule has 1 aliphatic rings. The summed E-state index contributed by atoms with van der Waals surface area (Å²) in [6, 6.07) is 25.5. The molecule has 3 aromatic carbocycles. The van der Waals surface area contributed by atoms with Gasteiger partial charge in [0.1, 0.15) is 6.10 Å². The highest BCUT2D eigenvalue weighted by Gasteiger charge is 2.45. The SMILES string of the molecule is CC[C@H]1S[C@@H](c2ccc(Cl)c(C(=O)O)c2)[C@H](OCc2ccccc2)[C@@H](OCc2ccccc2)[C@@H]1C. The Morgan fingerprint density at radius 1 is 0.914 bits per heavy atom. The smallest absolute Gasteiger partial charge is 0.337 e. The van der Waals surface area contributed by atoms with Crippen molar-refractivity contribution in [3.05, 3.63) is 106 Å². The fourth-order valence-corrected chi connectivity index (χ4v) is 6.52. The quantitative estimate of drug-likeness (QED) is 0.324. The summed E-state index contributed by atoms with van der Waals surface area (Å²) in [5, 5.41) is 10.2. The fourth-order valence-electron chi connectivity index (χ4n) is 4.65. The number of rotatable bonds is 9. The van der Waals surface area contributed by atoms with Crippen LogP contribution < -0.4 is 0 Å². The third kappa shape index (κ3) is 6.28. The van der Waals surface area contributed by atoms with Crippen LogP contribution in [0.5, 0.6) is 0 Å². The maximum absolute atomic E-state index is 11.8. The molecule has 184 valence electrons. The van der Waals surface area contributed by atoms with Crippen molar-refractivity contribution < 1.29 is 19.4 Å². The first-order chi connectivity index (χ1) is 17.0. The van der Waals surface area contributed by atoms with E-state index in [0.29, 0.717) is 18.5 Å². The summed E-state index contributed by atoms with van der Waals surface area (Å²) in [5.41, 5.74) is 3.21. The molecular formula is C29H31ClO4S. The third-order valence-corrected chi connectivity index (χ3v) is 8.85. The van der Waals surface area contributed by atoms with Gasteiger partial charge in [-0.25, -0.2) is 4.79 Å². The van der Waals surface area contributed by atoms with E-state index in [1.807, 2.05) is 66.4 Å². The molecule has 1 aliphatic heterocycles. The van der Waals surface area contributed by atoms with E-state index in [9.17, 15) is 9.90 Å². The Kier molecular flexibility index (Phi) is 8.90. The van der Waals surface area contributed by atoms with Crippen molar-refractivity contribution >= 4 is 29.3 Å². The molecule has 35 heavy (non-hydrogen) atoms. The molecule has 0 saturated carbocycles. The number of ether oxygens (including phenoxy) is 2. The molecule has 0 spiro atoms. The molecule has 0 aromatic heterocycles. The van der Waals surface area contributed by atoms with Gasteiger partial charge in [0.05, 0.1) is 35.2 Å². The average Bonchev–Trinajstić information content (AvgIpc) is 2.88. The van der Waals surface area contributed by atoms with Gasteiger partial charge in [0.15, 0.2) is 0 Å². The van der Waals surface area contributed by atoms with E-state index in [-0.39, 0.29) is 34.0 Å². The summed E-state index contributed by atoms with van der Waals surface area (Å²) in [6.45, 7) is 5.37. The summed E-state index contributed by atoms with van der Waals surface area (Å²) in [4.78, 5) is 11.8. The molecule has 0 bridgehead atoms. The zero-order valence-electron chi connectivity index (χ0n) is 20.0. The van der Waals surface area contributed by atoms with Gasteiger partial charge in [-0.3, -0.25) is 0 Å². The molecule has 1 heterocycles. The second-order valence-corrected chi connectivity index (χ2v) is 10.7. The van der Waals surface area contributed by atoms with Crippen molar-refractivity contribution in [2.24, 2.45) is 5.92 Å². The van der Waals surface area contributed by atoms with E-state index in [4.69, 9.17) is 21.1 Å². The van der Waals surface area contributed by atoms with Crippen LogP contribution in [-0.2, 0) is 22.7 Å². The molecule has 0 unspecified atom stereocenters. The molecule has 6 heteroatoms. The number of hydrogen-bond donors (Lipinski definition) is 1. The predicted molar refractivity (Wildman–Crippen MR) is 142 cm³/mol. The number of carboxylic acid groups (broad SMARTS) is 1. The zero-order chi connectivity index (χ0) is 24.8. The van der Waals surface area contributed by atoms with E-state index in [1.165, 1.54) is 0 Å².